The molecule has 33 heavy (non-hydrogen) atoms. The molecule has 8 heteroatoms. The Bertz CT molecular complexity index is 1270. The first-order chi connectivity index (χ1) is 15.7. The Morgan fingerprint density at radius 1 is 1.00 bits per heavy atom. The van der Waals surface area contributed by atoms with Crippen LogP contribution in [0.25, 0.3) is 0 Å². The van der Waals surface area contributed by atoms with Crippen molar-refractivity contribution in [1.82, 2.24) is 4.72 Å². The molecule has 1 aliphatic rings. The highest BCUT2D eigenvalue weighted by atomic mass is 32.2. The van der Waals surface area contributed by atoms with Crippen LogP contribution in [0.15, 0.2) is 100 Å². The standard InChI is InChI=1S/C25H27N3O4S/c1-17-9-8-11-23(13-17)33(29,30)28-19(3)25(27-24-12-7-6-10-18(24)2)26-20-14-21(31-4)16-22(15-20)32-5/h6-16,26,28H,2H2,1,3-5H3/b25-19+,27-24-. The SMILES string of the molecule is C=C1C=CC=C/C1=N/C(Nc1cc(OC)cc(OC)c1)=C(\C)NS(=O)(=O)c1cccc(C)c1. The normalized spacial score (nSPS) is 15.3. The van der Waals surface area contributed by atoms with Crippen LogP contribution in [0, 0.1) is 6.92 Å². The maximum absolute atomic E-state index is 13.0. The molecule has 3 rings (SSSR count). The van der Waals surface area contributed by atoms with Gasteiger partial charge in [0.1, 0.15) is 11.5 Å². The fourth-order valence-corrected chi connectivity index (χ4v) is 4.27. The van der Waals surface area contributed by atoms with Gasteiger partial charge in [-0.25, -0.2) is 13.4 Å². The van der Waals surface area contributed by atoms with E-state index in [0.29, 0.717) is 40.0 Å². The van der Waals surface area contributed by atoms with Crippen molar-refractivity contribution in [2.24, 2.45) is 4.99 Å². The molecule has 0 saturated carbocycles. The minimum Gasteiger partial charge on any atom is -0.497 e. The number of sulfonamides is 1. The Kier molecular flexibility index (Phi) is 7.40. The van der Waals surface area contributed by atoms with E-state index in [2.05, 4.69) is 21.6 Å². The average molecular weight is 466 g/mol. The smallest absolute Gasteiger partial charge is 0.261 e. The Morgan fingerprint density at radius 2 is 1.67 bits per heavy atom. The Labute approximate surface area is 194 Å². The van der Waals surface area contributed by atoms with Gasteiger partial charge in [0, 0.05) is 23.9 Å². The van der Waals surface area contributed by atoms with Gasteiger partial charge in [-0.05, 0) is 43.2 Å². The second-order valence-corrected chi connectivity index (χ2v) is 9.04. The molecule has 7 nitrogen and oxygen atoms in total. The first kappa shape index (κ1) is 23.9. The van der Waals surface area contributed by atoms with Crippen LogP contribution in [0.2, 0.25) is 0 Å². The largest absolute Gasteiger partial charge is 0.497 e. The van der Waals surface area contributed by atoms with Crippen LogP contribution in [0.5, 0.6) is 11.5 Å². The zero-order chi connectivity index (χ0) is 24.0. The van der Waals surface area contributed by atoms with E-state index in [0.717, 1.165) is 5.56 Å². The predicted octanol–water partition coefficient (Wildman–Crippen LogP) is 4.71. The van der Waals surface area contributed by atoms with Gasteiger partial charge in [0.25, 0.3) is 10.0 Å². The highest BCUT2D eigenvalue weighted by Crippen LogP contribution is 2.27. The van der Waals surface area contributed by atoms with Crippen LogP contribution in [-0.2, 0) is 10.0 Å². The minimum atomic E-state index is -3.82. The van der Waals surface area contributed by atoms with Crippen molar-refractivity contribution in [2.45, 2.75) is 18.7 Å². The van der Waals surface area contributed by atoms with E-state index >= 15 is 0 Å². The molecule has 2 aromatic rings. The van der Waals surface area contributed by atoms with Gasteiger partial charge in [0.15, 0.2) is 5.82 Å². The molecule has 1 aliphatic carbocycles. The van der Waals surface area contributed by atoms with Gasteiger partial charge >= 0.3 is 0 Å². The van der Waals surface area contributed by atoms with Crippen LogP contribution in [0.1, 0.15) is 12.5 Å². The first-order valence-corrected chi connectivity index (χ1v) is 11.6. The predicted molar refractivity (Wildman–Crippen MR) is 132 cm³/mol. The van der Waals surface area contributed by atoms with Crippen molar-refractivity contribution >= 4 is 21.4 Å². The third-order valence-electron chi connectivity index (χ3n) is 4.78. The lowest BCUT2D eigenvalue weighted by Crippen LogP contribution is -2.24. The maximum atomic E-state index is 13.0. The van der Waals surface area contributed by atoms with Gasteiger partial charge in [0.05, 0.1) is 30.5 Å². The fraction of sp³-hybridized carbons (Fsp3) is 0.160. The number of hydrogen-bond acceptors (Lipinski definition) is 6. The lowest BCUT2D eigenvalue weighted by Gasteiger charge is -2.16. The van der Waals surface area contributed by atoms with E-state index in [4.69, 9.17) is 9.47 Å². The summed E-state index contributed by atoms with van der Waals surface area (Å²) in [6.45, 7) is 7.48. The van der Waals surface area contributed by atoms with E-state index in [-0.39, 0.29) is 4.90 Å². The minimum absolute atomic E-state index is 0.168. The molecule has 0 atom stereocenters. The lowest BCUT2D eigenvalue weighted by atomic mass is 10.1. The lowest BCUT2D eigenvalue weighted by molar-refractivity contribution is 0.395. The highest BCUT2D eigenvalue weighted by Gasteiger charge is 2.17. The van der Waals surface area contributed by atoms with Crippen LogP contribution in [0.3, 0.4) is 0 Å². The topological polar surface area (TPSA) is 89.0 Å². The number of methoxy groups -OCH3 is 2. The molecule has 2 aromatic carbocycles. The Balaban J connectivity index is 2.05. The molecule has 0 amide bonds. The van der Waals surface area contributed by atoms with E-state index < -0.39 is 10.0 Å². The number of anilines is 1. The maximum Gasteiger partial charge on any atom is 0.261 e. The van der Waals surface area contributed by atoms with Crippen molar-refractivity contribution in [3.63, 3.8) is 0 Å². The molecule has 2 N–H and O–H groups in total. The second-order valence-electron chi connectivity index (χ2n) is 7.36. The Morgan fingerprint density at radius 3 is 2.27 bits per heavy atom. The van der Waals surface area contributed by atoms with E-state index in [9.17, 15) is 8.42 Å². The number of nitrogens with one attached hydrogen (secondary N) is 2. The van der Waals surface area contributed by atoms with Gasteiger partial charge in [-0.1, -0.05) is 36.9 Å². The van der Waals surface area contributed by atoms with Crippen molar-refractivity contribution in [1.29, 1.82) is 0 Å². The van der Waals surface area contributed by atoms with Crippen LogP contribution in [0.4, 0.5) is 5.69 Å². The number of rotatable bonds is 8. The van der Waals surface area contributed by atoms with Gasteiger partial charge in [0.2, 0.25) is 0 Å². The molecule has 0 spiro atoms. The summed E-state index contributed by atoms with van der Waals surface area (Å²) in [4.78, 5) is 4.83. The molecule has 0 bridgehead atoms. The third kappa shape index (κ3) is 6.14. The molecule has 0 radical (unpaired) electrons. The number of nitrogens with zero attached hydrogens (tertiary/aromatic N) is 1. The summed E-state index contributed by atoms with van der Waals surface area (Å²) in [6, 6.07) is 12.0. The van der Waals surface area contributed by atoms with Crippen molar-refractivity contribution < 1.29 is 17.9 Å². The van der Waals surface area contributed by atoms with Crippen LogP contribution < -0.4 is 19.5 Å². The van der Waals surface area contributed by atoms with Crippen LogP contribution in [-0.4, -0.2) is 28.3 Å². The molecule has 0 saturated heterocycles. The van der Waals surface area contributed by atoms with Gasteiger partial charge in [-0.2, -0.15) is 0 Å². The van der Waals surface area contributed by atoms with Gasteiger partial charge in [-0.3, -0.25) is 4.72 Å². The average Bonchev–Trinajstić information content (AvgIpc) is 2.79. The number of aliphatic imine (C=N–C) groups is 1. The number of benzene rings is 2. The number of aryl methyl sites for hydroxylation is 1. The Hall–Kier alpha value is -3.78. The third-order valence-corrected chi connectivity index (χ3v) is 6.23. The van der Waals surface area contributed by atoms with Crippen molar-refractivity contribution in [3.05, 3.63) is 96.0 Å². The summed E-state index contributed by atoms with van der Waals surface area (Å²) in [7, 11) is -0.709. The van der Waals surface area contributed by atoms with E-state index in [1.54, 1.807) is 63.6 Å². The van der Waals surface area contributed by atoms with Gasteiger partial charge < -0.3 is 14.8 Å². The summed E-state index contributed by atoms with van der Waals surface area (Å²) >= 11 is 0. The summed E-state index contributed by atoms with van der Waals surface area (Å²) in [5.41, 5.74) is 3.07. The second kappa shape index (κ2) is 10.2. The van der Waals surface area contributed by atoms with Gasteiger partial charge in [-0.15, -0.1) is 0 Å². The molecule has 172 valence electrons. The van der Waals surface area contributed by atoms with E-state index in [1.807, 2.05) is 31.2 Å². The van der Waals surface area contributed by atoms with Crippen molar-refractivity contribution in [3.8, 4) is 11.5 Å². The van der Waals surface area contributed by atoms with Crippen LogP contribution >= 0.6 is 0 Å². The molecule has 0 fully saturated rings. The molecule has 0 heterocycles. The van der Waals surface area contributed by atoms with E-state index in [1.165, 1.54) is 0 Å². The monoisotopic (exact) mass is 465 g/mol. The first-order valence-electron chi connectivity index (χ1n) is 10.1. The molecule has 0 aromatic heterocycles. The molecular formula is C25H27N3O4S. The summed E-state index contributed by atoms with van der Waals surface area (Å²) in [5, 5.41) is 3.19. The fourth-order valence-electron chi connectivity index (χ4n) is 3.05. The number of hydrogen-bond donors (Lipinski definition) is 2. The number of allylic oxidation sites excluding steroid dienone is 6. The molecular weight excluding hydrogens is 438 g/mol. The summed E-state index contributed by atoms with van der Waals surface area (Å²) in [6.07, 6.45) is 7.33. The van der Waals surface area contributed by atoms with Crippen molar-refractivity contribution in [2.75, 3.05) is 19.5 Å². The quantitative estimate of drug-likeness (QED) is 0.589. The number of ether oxygens (including phenoxy) is 2. The zero-order valence-corrected chi connectivity index (χ0v) is 19.9. The zero-order valence-electron chi connectivity index (χ0n) is 19.0. The highest BCUT2D eigenvalue weighted by molar-refractivity contribution is 7.89. The summed E-state index contributed by atoms with van der Waals surface area (Å²) in [5.74, 6) is 1.45. The molecule has 0 unspecified atom stereocenters. The summed E-state index contributed by atoms with van der Waals surface area (Å²) < 4.78 is 39.3. The molecule has 0 aliphatic heterocycles.